The van der Waals surface area contributed by atoms with E-state index in [1.54, 1.807) is 17.5 Å². The van der Waals surface area contributed by atoms with Crippen LogP contribution in [0.5, 0.6) is 0 Å². The number of hydrogen-bond donors (Lipinski definition) is 0. The highest BCUT2D eigenvalue weighted by Crippen LogP contribution is 2.22. The first-order chi connectivity index (χ1) is 9.24. The van der Waals surface area contributed by atoms with Gasteiger partial charge in [0.1, 0.15) is 12.4 Å². The second kappa shape index (κ2) is 4.97. The van der Waals surface area contributed by atoms with Gasteiger partial charge in [0, 0.05) is 18.3 Å². The summed E-state index contributed by atoms with van der Waals surface area (Å²) in [5.74, 6) is 2.64. The van der Waals surface area contributed by atoms with Crippen molar-refractivity contribution in [1.29, 1.82) is 0 Å². The first kappa shape index (κ1) is 12.1. The lowest BCUT2D eigenvalue weighted by atomic mass is 10.2. The van der Waals surface area contributed by atoms with Crippen LogP contribution in [0.4, 0.5) is 0 Å². The molecule has 0 aliphatic rings. The van der Waals surface area contributed by atoms with Crippen LogP contribution in [-0.2, 0) is 6.54 Å². The van der Waals surface area contributed by atoms with Gasteiger partial charge in [-0.3, -0.25) is 0 Å². The summed E-state index contributed by atoms with van der Waals surface area (Å²) in [5.41, 5.74) is 0. The topological polar surface area (TPSA) is 56.7 Å². The predicted octanol–water partition coefficient (Wildman–Crippen LogP) is 3.17. The van der Waals surface area contributed by atoms with Crippen molar-refractivity contribution < 1.29 is 4.52 Å². The van der Waals surface area contributed by atoms with E-state index in [0.29, 0.717) is 24.2 Å². The highest BCUT2D eigenvalue weighted by molar-refractivity contribution is 7.13. The molecule has 0 fully saturated rings. The third-order valence-corrected chi connectivity index (χ3v) is 3.65. The Labute approximate surface area is 114 Å². The van der Waals surface area contributed by atoms with E-state index in [9.17, 15) is 0 Å². The fourth-order valence-corrected chi connectivity index (χ4v) is 2.58. The summed E-state index contributed by atoms with van der Waals surface area (Å²) in [6.07, 6.45) is 3.73. The second-order valence-electron chi connectivity index (χ2n) is 4.56. The zero-order chi connectivity index (χ0) is 13.2. The molecule has 0 N–H and O–H groups in total. The Morgan fingerprint density at radius 3 is 3.05 bits per heavy atom. The monoisotopic (exact) mass is 274 g/mol. The van der Waals surface area contributed by atoms with Crippen molar-refractivity contribution in [3.8, 4) is 10.7 Å². The Morgan fingerprint density at radius 2 is 2.32 bits per heavy atom. The molecule has 0 unspecified atom stereocenters. The molecule has 3 aromatic heterocycles. The standard InChI is InChI=1S/C13H14N4OS/c1-9(2)13-14-5-6-17(13)8-11-15-12(16-18-11)10-4-3-7-19-10/h3-7,9H,8H2,1-2H3. The van der Waals surface area contributed by atoms with Crippen molar-refractivity contribution in [3.63, 3.8) is 0 Å². The van der Waals surface area contributed by atoms with E-state index in [1.807, 2.05) is 28.3 Å². The Hall–Kier alpha value is -1.95. The van der Waals surface area contributed by atoms with E-state index in [2.05, 4.69) is 29.0 Å². The van der Waals surface area contributed by atoms with Crippen LogP contribution in [0.1, 0.15) is 31.5 Å². The van der Waals surface area contributed by atoms with Gasteiger partial charge < -0.3 is 9.09 Å². The van der Waals surface area contributed by atoms with Crippen molar-refractivity contribution in [1.82, 2.24) is 19.7 Å². The van der Waals surface area contributed by atoms with E-state index in [1.165, 1.54) is 0 Å². The molecule has 0 saturated heterocycles. The summed E-state index contributed by atoms with van der Waals surface area (Å²) in [6.45, 7) is 4.79. The zero-order valence-electron chi connectivity index (χ0n) is 10.8. The Kier molecular flexibility index (Phi) is 3.16. The average molecular weight is 274 g/mol. The van der Waals surface area contributed by atoms with Crippen LogP contribution in [0.15, 0.2) is 34.4 Å². The van der Waals surface area contributed by atoms with Crippen LogP contribution in [0.25, 0.3) is 10.7 Å². The average Bonchev–Trinajstić information content (AvgIpc) is 3.09. The van der Waals surface area contributed by atoms with Gasteiger partial charge in [-0.15, -0.1) is 11.3 Å². The second-order valence-corrected chi connectivity index (χ2v) is 5.50. The van der Waals surface area contributed by atoms with Gasteiger partial charge in [0.15, 0.2) is 0 Å². The van der Waals surface area contributed by atoms with Crippen LogP contribution < -0.4 is 0 Å². The maximum atomic E-state index is 5.29. The molecule has 3 rings (SSSR count). The van der Waals surface area contributed by atoms with Crippen LogP contribution in [-0.4, -0.2) is 19.7 Å². The molecule has 0 atom stereocenters. The van der Waals surface area contributed by atoms with Gasteiger partial charge in [-0.25, -0.2) is 4.98 Å². The Bertz CT molecular complexity index is 654. The summed E-state index contributed by atoms with van der Waals surface area (Å²) in [6, 6.07) is 3.96. The SMILES string of the molecule is CC(C)c1nccn1Cc1nc(-c2cccs2)no1. The summed E-state index contributed by atoms with van der Waals surface area (Å²) in [4.78, 5) is 9.77. The molecule has 0 spiro atoms. The van der Waals surface area contributed by atoms with Crippen molar-refractivity contribution in [3.05, 3.63) is 41.6 Å². The van der Waals surface area contributed by atoms with Gasteiger partial charge in [0.2, 0.25) is 11.7 Å². The number of imidazole rings is 1. The molecule has 0 radical (unpaired) electrons. The maximum Gasteiger partial charge on any atom is 0.246 e. The van der Waals surface area contributed by atoms with Crippen molar-refractivity contribution in [2.24, 2.45) is 0 Å². The Morgan fingerprint density at radius 1 is 1.42 bits per heavy atom. The summed E-state index contributed by atoms with van der Waals surface area (Å²) >= 11 is 1.60. The quantitative estimate of drug-likeness (QED) is 0.733. The van der Waals surface area contributed by atoms with Crippen LogP contribution in [0.3, 0.4) is 0 Å². The minimum Gasteiger partial charge on any atom is -0.337 e. The predicted molar refractivity (Wildman–Crippen MR) is 73.0 cm³/mol. The zero-order valence-corrected chi connectivity index (χ0v) is 11.6. The van der Waals surface area contributed by atoms with Gasteiger partial charge in [-0.2, -0.15) is 4.98 Å². The minimum absolute atomic E-state index is 0.370. The van der Waals surface area contributed by atoms with Crippen LogP contribution in [0.2, 0.25) is 0 Å². The van der Waals surface area contributed by atoms with Crippen LogP contribution >= 0.6 is 11.3 Å². The highest BCUT2D eigenvalue weighted by Gasteiger charge is 2.13. The molecule has 0 aromatic carbocycles. The molecule has 3 aromatic rings. The minimum atomic E-state index is 0.370. The van der Waals surface area contributed by atoms with E-state index >= 15 is 0 Å². The normalized spacial score (nSPS) is 11.3. The molecule has 19 heavy (non-hydrogen) atoms. The number of aromatic nitrogens is 4. The molecule has 0 saturated carbocycles. The lowest BCUT2D eigenvalue weighted by Gasteiger charge is -2.07. The van der Waals surface area contributed by atoms with Crippen molar-refractivity contribution >= 4 is 11.3 Å². The maximum absolute atomic E-state index is 5.29. The van der Waals surface area contributed by atoms with Gasteiger partial charge in [-0.1, -0.05) is 25.1 Å². The Balaban J connectivity index is 1.82. The summed E-state index contributed by atoms with van der Waals surface area (Å²) < 4.78 is 7.33. The van der Waals surface area contributed by atoms with E-state index in [-0.39, 0.29) is 0 Å². The molecule has 3 heterocycles. The molecule has 5 nitrogen and oxygen atoms in total. The molecule has 0 amide bonds. The number of nitrogens with zero attached hydrogens (tertiary/aromatic N) is 4. The van der Waals surface area contributed by atoms with Gasteiger partial charge >= 0.3 is 0 Å². The molecule has 0 bridgehead atoms. The highest BCUT2D eigenvalue weighted by atomic mass is 32.1. The van der Waals surface area contributed by atoms with E-state index in [4.69, 9.17) is 4.52 Å². The fraction of sp³-hybridized carbons (Fsp3) is 0.308. The van der Waals surface area contributed by atoms with Crippen molar-refractivity contribution in [2.45, 2.75) is 26.3 Å². The molecule has 0 aliphatic heterocycles. The lowest BCUT2D eigenvalue weighted by Crippen LogP contribution is -2.06. The molecule has 98 valence electrons. The molecule has 6 heteroatoms. The molecular weight excluding hydrogens is 260 g/mol. The first-order valence-corrected chi connectivity index (χ1v) is 6.99. The molecule has 0 aliphatic carbocycles. The first-order valence-electron chi connectivity index (χ1n) is 6.11. The van der Waals surface area contributed by atoms with Gasteiger partial charge in [0.05, 0.1) is 4.88 Å². The smallest absolute Gasteiger partial charge is 0.246 e. The summed E-state index contributed by atoms with van der Waals surface area (Å²) in [5, 5.41) is 6.00. The fourth-order valence-electron chi connectivity index (χ4n) is 1.93. The third kappa shape index (κ3) is 2.44. The third-order valence-electron chi connectivity index (χ3n) is 2.78. The van der Waals surface area contributed by atoms with Crippen molar-refractivity contribution in [2.75, 3.05) is 0 Å². The largest absolute Gasteiger partial charge is 0.337 e. The van der Waals surface area contributed by atoms with E-state index < -0.39 is 0 Å². The van der Waals surface area contributed by atoms with E-state index in [0.717, 1.165) is 10.7 Å². The summed E-state index contributed by atoms with van der Waals surface area (Å²) in [7, 11) is 0. The number of thiophene rings is 1. The van der Waals surface area contributed by atoms with Gasteiger partial charge in [0.25, 0.3) is 0 Å². The van der Waals surface area contributed by atoms with Crippen LogP contribution in [0, 0.1) is 0 Å². The molecular formula is C13H14N4OS. The number of rotatable bonds is 4. The lowest BCUT2D eigenvalue weighted by molar-refractivity contribution is 0.369. The number of hydrogen-bond acceptors (Lipinski definition) is 5. The van der Waals surface area contributed by atoms with Gasteiger partial charge in [-0.05, 0) is 11.4 Å².